The number of rotatable bonds is 2. The van der Waals surface area contributed by atoms with Crippen molar-refractivity contribution in [3.8, 4) is 0 Å². The second-order valence-corrected chi connectivity index (χ2v) is 10.1. The molecule has 0 saturated carbocycles. The van der Waals surface area contributed by atoms with Gasteiger partial charge in [-0.1, -0.05) is 11.6 Å². The largest absolute Gasteiger partial charge is 0.444 e. The predicted molar refractivity (Wildman–Crippen MR) is 101 cm³/mol. The second kappa shape index (κ2) is 6.95. The first-order valence-electron chi connectivity index (χ1n) is 8.09. The fourth-order valence-corrected chi connectivity index (χ4v) is 5.85. The molecule has 2 aromatic heterocycles. The predicted octanol–water partition coefficient (Wildman–Crippen LogP) is 3.19. The van der Waals surface area contributed by atoms with E-state index in [1.54, 1.807) is 32.2 Å². The SMILES string of the molecule is CC(C)(C)OC(=O)N1CCN(S(=O)(=O)c2csc3c(Cl)nccc23)CC1. The van der Waals surface area contributed by atoms with Crippen LogP contribution in [0.5, 0.6) is 0 Å². The highest BCUT2D eigenvalue weighted by atomic mass is 35.5. The summed E-state index contributed by atoms with van der Waals surface area (Å²) >= 11 is 7.30. The molecule has 7 nitrogen and oxygen atoms in total. The Kier molecular flexibility index (Phi) is 5.17. The number of nitrogens with zero attached hydrogens (tertiary/aromatic N) is 3. The van der Waals surface area contributed by atoms with E-state index in [1.165, 1.54) is 26.7 Å². The molecule has 142 valence electrons. The molecule has 1 amide bonds. The number of thiophene rings is 1. The van der Waals surface area contributed by atoms with Crippen LogP contribution < -0.4 is 0 Å². The van der Waals surface area contributed by atoms with Crippen LogP contribution in [-0.2, 0) is 14.8 Å². The zero-order valence-electron chi connectivity index (χ0n) is 14.7. The molecule has 0 spiro atoms. The van der Waals surface area contributed by atoms with Gasteiger partial charge in [-0.2, -0.15) is 4.31 Å². The Bertz CT molecular complexity index is 929. The molecule has 1 aliphatic rings. The molecule has 3 heterocycles. The summed E-state index contributed by atoms with van der Waals surface area (Å²) in [5, 5.41) is 2.46. The lowest BCUT2D eigenvalue weighted by atomic mass is 10.2. The molecule has 0 N–H and O–H groups in total. The number of sulfonamides is 1. The summed E-state index contributed by atoms with van der Waals surface area (Å²) in [7, 11) is -3.67. The molecule has 0 bridgehead atoms. The summed E-state index contributed by atoms with van der Waals surface area (Å²) in [6, 6.07) is 1.65. The maximum absolute atomic E-state index is 13.0. The molecule has 2 aromatic rings. The fourth-order valence-electron chi connectivity index (χ4n) is 2.68. The normalized spacial score (nSPS) is 16.8. The maximum Gasteiger partial charge on any atom is 0.410 e. The Labute approximate surface area is 161 Å². The fraction of sp³-hybridized carbons (Fsp3) is 0.500. The minimum Gasteiger partial charge on any atom is -0.444 e. The molecule has 3 rings (SSSR count). The number of carbonyl (C=O) groups is 1. The van der Waals surface area contributed by atoms with Crippen molar-refractivity contribution >= 4 is 49.1 Å². The number of hydrogen-bond acceptors (Lipinski definition) is 6. The summed E-state index contributed by atoms with van der Waals surface area (Å²) in [5.41, 5.74) is -0.580. The molecule has 26 heavy (non-hydrogen) atoms. The third-order valence-electron chi connectivity index (χ3n) is 3.92. The van der Waals surface area contributed by atoms with Gasteiger partial charge in [0, 0.05) is 43.1 Å². The third kappa shape index (κ3) is 3.80. The van der Waals surface area contributed by atoms with Gasteiger partial charge in [0.2, 0.25) is 10.0 Å². The molecular formula is C16H20ClN3O4S2. The Morgan fingerprint density at radius 2 is 1.92 bits per heavy atom. The van der Waals surface area contributed by atoms with Crippen molar-refractivity contribution in [2.24, 2.45) is 0 Å². The van der Waals surface area contributed by atoms with Crippen LogP contribution in [0.25, 0.3) is 10.1 Å². The van der Waals surface area contributed by atoms with Crippen LogP contribution in [0.15, 0.2) is 22.5 Å². The van der Waals surface area contributed by atoms with E-state index in [-0.39, 0.29) is 18.0 Å². The quantitative estimate of drug-likeness (QED) is 0.701. The smallest absolute Gasteiger partial charge is 0.410 e. The van der Waals surface area contributed by atoms with Crippen LogP contribution in [0.1, 0.15) is 20.8 Å². The van der Waals surface area contributed by atoms with Gasteiger partial charge in [-0.3, -0.25) is 0 Å². The van der Waals surface area contributed by atoms with Crippen molar-refractivity contribution in [1.82, 2.24) is 14.2 Å². The standard InChI is InChI=1S/C16H20ClN3O4S2/c1-16(2,3)24-15(21)19-6-8-20(9-7-19)26(22,23)12-10-25-13-11(12)4-5-18-14(13)17/h4-5,10H,6-9H2,1-3H3. The average Bonchev–Trinajstić information content (AvgIpc) is 2.99. The summed E-state index contributed by atoms with van der Waals surface area (Å²) in [5.74, 6) is 0. The highest BCUT2D eigenvalue weighted by Crippen LogP contribution is 2.34. The van der Waals surface area contributed by atoms with Crippen molar-refractivity contribution in [1.29, 1.82) is 0 Å². The van der Waals surface area contributed by atoms with E-state index < -0.39 is 21.7 Å². The second-order valence-electron chi connectivity index (χ2n) is 6.95. The van der Waals surface area contributed by atoms with E-state index in [9.17, 15) is 13.2 Å². The number of hydrogen-bond donors (Lipinski definition) is 0. The van der Waals surface area contributed by atoms with E-state index in [1.807, 2.05) is 0 Å². The van der Waals surface area contributed by atoms with Gasteiger partial charge in [0.25, 0.3) is 0 Å². The van der Waals surface area contributed by atoms with Crippen LogP contribution in [0, 0.1) is 0 Å². The van der Waals surface area contributed by atoms with E-state index in [2.05, 4.69) is 4.98 Å². The van der Waals surface area contributed by atoms with Crippen molar-refractivity contribution in [2.45, 2.75) is 31.3 Å². The molecule has 0 radical (unpaired) electrons. The van der Waals surface area contributed by atoms with Gasteiger partial charge in [0.1, 0.15) is 15.6 Å². The van der Waals surface area contributed by atoms with Crippen LogP contribution in [0.4, 0.5) is 4.79 Å². The lowest BCUT2D eigenvalue weighted by Crippen LogP contribution is -2.51. The lowest BCUT2D eigenvalue weighted by molar-refractivity contribution is 0.0192. The number of fused-ring (bicyclic) bond motifs is 1. The number of pyridine rings is 1. The molecule has 0 aromatic carbocycles. The van der Waals surface area contributed by atoms with Gasteiger partial charge in [-0.15, -0.1) is 11.3 Å². The first-order chi connectivity index (χ1) is 12.1. The lowest BCUT2D eigenvalue weighted by Gasteiger charge is -2.34. The minimum atomic E-state index is -3.67. The number of piperazine rings is 1. The molecule has 1 aliphatic heterocycles. The van der Waals surface area contributed by atoms with Crippen LogP contribution in [-0.4, -0.2) is 60.5 Å². The summed E-state index contributed by atoms with van der Waals surface area (Å²) in [6.45, 7) is 6.42. The summed E-state index contributed by atoms with van der Waals surface area (Å²) in [4.78, 5) is 17.9. The number of amides is 1. The molecule has 0 atom stereocenters. The van der Waals surface area contributed by atoms with Crippen molar-refractivity contribution in [3.05, 3.63) is 22.8 Å². The van der Waals surface area contributed by atoms with Crippen molar-refractivity contribution in [3.63, 3.8) is 0 Å². The number of ether oxygens (including phenoxy) is 1. The topological polar surface area (TPSA) is 79.8 Å². The molecule has 1 fully saturated rings. The third-order valence-corrected chi connectivity index (χ3v) is 7.41. The molecule has 1 saturated heterocycles. The van der Waals surface area contributed by atoms with Crippen molar-refractivity contribution < 1.29 is 17.9 Å². The zero-order chi connectivity index (χ0) is 19.1. The first kappa shape index (κ1) is 19.3. The molecular weight excluding hydrogens is 398 g/mol. The van der Waals surface area contributed by atoms with Crippen LogP contribution in [0.2, 0.25) is 5.15 Å². The Balaban J connectivity index is 1.76. The maximum atomic E-state index is 13.0. The van der Waals surface area contributed by atoms with Gasteiger partial charge in [0.15, 0.2) is 0 Å². The van der Waals surface area contributed by atoms with Gasteiger partial charge in [0.05, 0.1) is 4.70 Å². The van der Waals surface area contributed by atoms with Gasteiger partial charge >= 0.3 is 6.09 Å². The van der Waals surface area contributed by atoms with Gasteiger partial charge in [-0.05, 0) is 26.8 Å². The molecule has 10 heteroatoms. The van der Waals surface area contributed by atoms with Crippen LogP contribution >= 0.6 is 22.9 Å². The summed E-state index contributed by atoms with van der Waals surface area (Å²) < 4.78 is 33.4. The molecule has 0 unspecified atom stereocenters. The van der Waals surface area contributed by atoms with E-state index in [0.717, 1.165) is 0 Å². The Morgan fingerprint density at radius 3 is 2.54 bits per heavy atom. The minimum absolute atomic E-state index is 0.220. The summed E-state index contributed by atoms with van der Waals surface area (Å²) in [6.07, 6.45) is 1.07. The van der Waals surface area contributed by atoms with Crippen molar-refractivity contribution in [2.75, 3.05) is 26.2 Å². The van der Waals surface area contributed by atoms with E-state index >= 15 is 0 Å². The van der Waals surface area contributed by atoms with Gasteiger partial charge < -0.3 is 9.64 Å². The highest BCUT2D eigenvalue weighted by molar-refractivity contribution is 7.89. The average molecular weight is 418 g/mol. The Hall–Kier alpha value is -1.42. The van der Waals surface area contributed by atoms with E-state index in [0.29, 0.717) is 28.3 Å². The molecule has 0 aliphatic carbocycles. The van der Waals surface area contributed by atoms with E-state index in [4.69, 9.17) is 16.3 Å². The number of halogens is 1. The van der Waals surface area contributed by atoms with Gasteiger partial charge in [-0.25, -0.2) is 18.2 Å². The monoisotopic (exact) mass is 417 g/mol. The number of aromatic nitrogens is 1. The Morgan fingerprint density at radius 1 is 1.27 bits per heavy atom. The zero-order valence-corrected chi connectivity index (χ0v) is 17.1. The first-order valence-corrected chi connectivity index (χ1v) is 10.8. The van der Waals surface area contributed by atoms with Crippen LogP contribution in [0.3, 0.4) is 0 Å². The number of carbonyl (C=O) groups excluding carboxylic acids is 1. The highest BCUT2D eigenvalue weighted by Gasteiger charge is 2.33.